The van der Waals surface area contributed by atoms with Gasteiger partial charge in [-0.1, -0.05) is 30.7 Å². The van der Waals surface area contributed by atoms with Crippen molar-refractivity contribution in [3.05, 3.63) is 34.9 Å². The van der Waals surface area contributed by atoms with Gasteiger partial charge in [-0.05, 0) is 31.0 Å². The average molecular weight is 291 g/mol. The Labute approximate surface area is 120 Å². The van der Waals surface area contributed by atoms with Crippen molar-refractivity contribution in [2.24, 2.45) is 5.73 Å². The second kappa shape index (κ2) is 7.62. The van der Waals surface area contributed by atoms with Crippen LogP contribution in [0.15, 0.2) is 24.3 Å². The van der Waals surface area contributed by atoms with Crippen LogP contribution in [0.2, 0.25) is 5.02 Å². The van der Waals surface area contributed by atoms with Crippen LogP contribution in [0.4, 0.5) is 0 Å². The molecular formula is C13H20Cl2N2O. The van der Waals surface area contributed by atoms with E-state index in [9.17, 15) is 4.79 Å². The largest absolute Gasteiger partial charge is 0.338 e. The Hall–Kier alpha value is -0.770. The molecule has 102 valence electrons. The highest BCUT2D eigenvalue weighted by Gasteiger charge is 2.21. The van der Waals surface area contributed by atoms with E-state index in [0.29, 0.717) is 11.4 Å². The van der Waals surface area contributed by atoms with Crippen LogP contribution in [-0.4, -0.2) is 23.9 Å². The van der Waals surface area contributed by atoms with Crippen LogP contribution in [0.1, 0.15) is 31.9 Å². The van der Waals surface area contributed by atoms with Gasteiger partial charge in [0.1, 0.15) is 0 Å². The summed E-state index contributed by atoms with van der Waals surface area (Å²) in [5.74, 6) is -0.0417. The highest BCUT2D eigenvalue weighted by atomic mass is 35.5. The molecule has 0 aliphatic rings. The summed E-state index contributed by atoms with van der Waals surface area (Å²) in [4.78, 5) is 13.6. The van der Waals surface area contributed by atoms with E-state index in [4.69, 9.17) is 17.3 Å². The van der Waals surface area contributed by atoms with Crippen LogP contribution >= 0.6 is 24.0 Å². The molecule has 3 nitrogen and oxygen atoms in total. The molecule has 0 fully saturated rings. The van der Waals surface area contributed by atoms with E-state index in [0.717, 1.165) is 5.56 Å². The van der Waals surface area contributed by atoms with Crippen molar-refractivity contribution < 1.29 is 4.79 Å². The zero-order valence-electron chi connectivity index (χ0n) is 10.9. The standard InChI is InChI=1S/C13H19ClN2O.ClH/c1-4-12(15)13(17)16(3)9(2)10-6-5-7-11(14)8-10;/h5-9,12H,4,15H2,1-3H3;1H/t9?,12-;/m0./s1. The molecule has 1 rings (SSSR count). The fourth-order valence-corrected chi connectivity index (χ4v) is 1.82. The molecule has 1 unspecified atom stereocenters. The molecule has 0 saturated heterocycles. The Morgan fingerprint density at radius 3 is 2.61 bits per heavy atom. The normalized spacial score (nSPS) is 13.4. The van der Waals surface area contributed by atoms with Crippen molar-refractivity contribution in [1.82, 2.24) is 4.90 Å². The van der Waals surface area contributed by atoms with E-state index in [1.165, 1.54) is 0 Å². The van der Waals surface area contributed by atoms with E-state index in [1.54, 1.807) is 11.9 Å². The lowest BCUT2D eigenvalue weighted by Crippen LogP contribution is -2.42. The molecule has 0 saturated carbocycles. The Morgan fingerprint density at radius 2 is 2.11 bits per heavy atom. The van der Waals surface area contributed by atoms with Crippen molar-refractivity contribution in [2.75, 3.05) is 7.05 Å². The number of hydrogen-bond donors (Lipinski definition) is 1. The number of rotatable bonds is 4. The van der Waals surface area contributed by atoms with Gasteiger partial charge in [-0.2, -0.15) is 0 Å². The van der Waals surface area contributed by atoms with Crippen molar-refractivity contribution in [1.29, 1.82) is 0 Å². The van der Waals surface area contributed by atoms with Gasteiger partial charge in [0.05, 0.1) is 12.1 Å². The molecule has 2 atom stereocenters. The Kier molecular flexibility index (Phi) is 7.29. The molecule has 0 heterocycles. The van der Waals surface area contributed by atoms with Gasteiger partial charge in [-0.3, -0.25) is 4.79 Å². The Balaban J connectivity index is 0.00000289. The summed E-state index contributed by atoms with van der Waals surface area (Å²) in [7, 11) is 1.77. The van der Waals surface area contributed by atoms with Crippen LogP contribution in [0.3, 0.4) is 0 Å². The lowest BCUT2D eigenvalue weighted by molar-refractivity contribution is -0.133. The second-order valence-corrected chi connectivity index (χ2v) is 4.63. The van der Waals surface area contributed by atoms with Gasteiger partial charge in [-0.15, -0.1) is 12.4 Å². The first-order chi connectivity index (χ1) is 7.97. The van der Waals surface area contributed by atoms with Crippen molar-refractivity contribution in [2.45, 2.75) is 32.4 Å². The number of amides is 1. The first-order valence-corrected chi connectivity index (χ1v) is 6.12. The summed E-state index contributed by atoms with van der Waals surface area (Å²) < 4.78 is 0. The zero-order valence-corrected chi connectivity index (χ0v) is 12.5. The van der Waals surface area contributed by atoms with Gasteiger partial charge in [0.25, 0.3) is 0 Å². The molecule has 5 heteroatoms. The highest BCUT2D eigenvalue weighted by Crippen LogP contribution is 2.22. The first-order valence-electron chi connectivity index (χ1n) is 5.75. The summed E-state index contributed by atoms with van der Waals surface area (Å²) in [5.41, 5.74) is 6.76. The van der Waals surface area contributed by atoms with Gasteiger partial charge in [0.2, 0.25) is 5.91 Å². The summed E-state index contributed by atoms with van der Waals surface area (Å²) in [6, 6.07) is 7.06. The average Bonchev–Trinajstić information content (AvgIpc) is 2.35. The summed E-state index contributed by atoms with van der Waals surface area (Å²) in [5, 5.41) is 0.676. The molecule has 0 aromatic heterocycles. The molecule has 1 aromatic rings. The number of carbonyl (C=O) groups excluding carboxylic acids is 1. The molecule has 0 radical (unpaired) electrons. The third-order valence-electron chi connectivity index (χ3n) is 3.02. The smallest absolute Gasteiger partial charge is 0.239 e. The van der Waals surface area contributed by atoms with Crippen molar-refractivity contribution >= 4 is 29.9 Å². The topological polar surface area (TPSA) is 46.3 Å². The summed E-state index contributed by atoms with van der Waals surface area (Å²) in [6.45, 7) is 3.87. The third-order valence-corrected chi connectivity index (χ3v) is 3.25. The van der Waals surface area contributed by atoms with E-state index in [2.05, 4.69) is 0 Å². The number of halogens is 2. The van der Waals surface area contributed by atoms with Crippen molar-refractivity contribution in [3.8, 4) is 0 Å². The number of hydrogen-bond acceptors (Lipinski definition) is 2. The monoisotopic (exact) mass is 290 g/mol. The number of nitrogens with two attached hydrogens (primary N) is 1. The van der Waals surface area contributed by atoms with Crippen LogP contribution in [-0.2, 0) is 4.79 Å². The van der Waals surface area contributed by atoms with E-state index in [1.807, 2.05) is 38.1 Å². The van der Waals surface area contributed by atoms with E-state index >= 15 is 0 Å². The summed E-state index contributed by atoms with van der Waals surface area (Å²) in [6.07, 6.45) is 0.644. The lowest BCUT2D eigenvalue weighted by Gasteiger charge is -2.27. The second-order valence-electron chi connectivity index (χ2n) is 4.19. The molecule has 1 amide bonds. The quantitative estimate of drug-likeness (QED) is 0.927. The Bertz CT molecular complexity index is 398. The number of nitrogens with zero attached hydrogens (tertiary/aromatic N) is 1. The van der Waals surface area contributed by atoms with Crippen LogP contribution in [0.5, 0.6) is 0 Å². The molecule has 2 N–H and O–H groups in total. The summed E-state index contributed by atoms with van der Waals surface area (Å²) >= 11 is 5.93. The van der Waals surface area contributed by atoms with E-state index < -0.39 is 6.04 Å². The maximum Gasteiger partial charge on any atom is 0.239 e. The van der Waals surface area contributed by atoms with Gasteiger partial charge < -0.3 is 10.6 Å². The van der Waals surface area contributed by atoms with Crippen LogP contribution < -0.4 is 5.73 Å². The predicted octanol–water partition coefficient (Wildman–Crippen LogP) is 3.02. The molecule has 0 aliphatic carbocycles. The fourth-order valence-electron chi connectivity index (χ4n) is 1.62. The van der Waals surface area contributed by atoms with Gasteiger partial charge >= 0.3 is 0 Å². The van der Waals surface area contributed by atoms with Crippen LogP contribution in [0.25, 0.3) is 0 Å². The van der Waals surface area contributed by atoms with Crippen LogP contribution in [0, 0.1) is 0 Å². The minimum Gasteiger partial charge on any atom is -0.338 e. The zero-order chi connectivity index (χ0) is 13.0. The molecular weight excluding hydrogens is 271 g/mol. The number of carbonyl (C=O) groups is 1. The molecule has 1 aromatic carbocycles. The number of benzene rings is 1. The maximum absolute atomic E-state index is 11.9. The lowest BCUT2D eigenvalue weighted by atomic mass is 10.1. The molecule has 0 spiro atoms. The minimum absolute atomic E-state index is 0. The third kappa shape index (κ3) is 4.16. The Morgan fingerprint density at radius 1 is 1.50 bits per heavy atom. The highest BCUT2D eigenvalue weighted by molar-refractivity contribution is 6.30. The molecule has 0 aliphatic heterocycles. The van der Waals surface area contributed by atoms with Gasteiger partial charge in [0.15, 0.2) is 0 Å². The molecule has 0 bridgehead atoms. The fraction of sp³-hybridized carbons (Fsp3) is 0.462. The predicted molar refractivity (Wildman–Crippen MR) is 78.2 cm³/mol. The maximum atomic E-state index is 11.9. The van der Waals surface area contributed by atoms with Gasteiger partial charge in [-0.25, -0.2) is 0 Å². The van der Waals surface area contributed by atoms with Crippen molar-refractivity contribution in [3.63, 3.8) is 0 Å². The SMILES string of the molecule is CC[C@H](N)C(=O)N(C)C(C)c1cccc(Cl)c1.Cl. The minimum atomic E-state index is -0.429. The molecule has 18 heavy (non-hydrogen) atoms. The van der Waals surface area contributed by atoms with E-state index in [-0.39, 0.29) is 24.4 Å². The first kappa shape index (κ1) is 17.2. The van der Waals surface area contributed by atoms with Gasteiger partial charge in [0, 0.05) is 12.1 Å². The number of likely N-dealkylation sites (N-methyl/N-ethyl adjacent to an activating group) is 1.